The molecule has 0 bridgehead atoms. The zero-order chi connectivity index (χ0) is 10.7. The van der Waals surface area contributed by atoms with Crippen molar-refractivity contribution >= 4 is 23.7 Å². The molecule has 0 saturated heterocycles. The second-order valence-corrected chi connectivity index (χ2v) is 2.01. The summed E-state index contributed by atoms with van der Waals surface area (Å²) in [5.74, 6) is 0. The molecule has 13 heavy (non-hydrogen) atoms. The molecular formula is CrO9P3. The molecule has 13 heteroatoms. The minimum absolute atomic E-state index is 0. The van der Waals surface area contributed by atoms with Gasteiger partial charge in [0.2, 0.25) is 23.7 Å². The van der Waals surface area contributed by atoms with Crippen LogP contribution in [-0.2, 0) is 44.8 Å². The molecule has 0 unspecified atom stereocenters. The normalized spacial score (nSPS) is 5.77. The summed E-state index contributed by atoms with van der Waals surface area (Å²) in [7, 11) is -10.1. The van der Waals surface area contributed by atoms with E-state index in [4.69, 9.17) is 42.1 Å². The molecule has 0 fully saturated rings. The summed E-state index contributed by atoms with van der Waals surface area (Å²) in [4.78, 5) is 25.4. The fourth-order valence-corrected chi connectivity index (χ4v) is 0. The monoisotopic (exact) mass is 289 g/mol. The van der Waals surface area contributed by atoms with E-state index in [2.05, 4.69) is 0 Å². The molecule has 0 heterocycles. The van der Waals surface area contributed by atoms with E-state index in [-0.39, 0.29) is 17.4 Å². The summed E-state index contributed by atoms with van der Waals surface area (Å²) < 4.78 is 50.9. The number of rotatable bonds is 0. The molecule has 0 N–H and O–H groups in total. The van der Waals surface area contributed by atoms with Crippen LogP contribution >= 0.6 is 23.7 Å². The van der Waals surface area contributed by atoms with Crippen LogP contribution < -0.4 is 14.7 Å². The van der Waals surface area contributed by atoms with Crippen LogP contribution in [0.3, 0.4) is 0 Å². The first-order chi connectivity index (χ1) is 5.20. The number of hydrogen-bond donors (Lipinski definition) is 0. The molecule has 0 aliphatic carbocycles. The van der Waals surface area contributed by atoms with Crippen molar-refractivity contribution < 1.29 is 59.4 Å². The third kappa shape index (κ3) is 97900. The van der Waals surface area contributed by atoms with E-state index >= 15 is 0 Å². The van der Waals surface area contributed by atoms with E-state index in [0.29, 0.717) is 0 Å². The molecule has 0 aliphatic rings. The Hall–Kier alpha value is 0.112. The van der Waals surface area contributed by atoms with Gasteiger partial charge in [-0.15, -0.1) is 0 Å². The third-order valence-corrected chi connectivity index (χ3v) is 0. The zero-order valence-electron chi connectivity index (χ0n) is 5.42. The van der Waals surface area contributed by atoms with Crippen LogP contribution in [0.15, 0.2) is 0 Å². The van der Waals surface area contributed by atoms with Crippen molar-refractivity contribution in [2.45, 2.75) is 0 Å². The second-order valence-electron chi connectivity index (χ2n) is 0.671. The Balaban J connectivity index is -0.0000000450. The predicted molar refractivity (Wildman–Crippen MR) is 24.9 cm³/mol. The van der Waals surface area contributed by atoms with Gasteiger partial charge in [0.25, 0.3) is 0 Å². The average Bonchev–Trinajstić information content (AvgIpc) is 1.54. The summed E-state index contributed by atoms with van der Waals surface area (Å²) in [6.07, 6.45) is 0. The largest absolute Gasteiger partial charge is 3.00 e. The van der Waals surface area contributed by atoms with Crippen LogP contribution in [-0.4, -0.2) is 0 Å². The van der Waals surface area contributed by atoms with E-state index in [0.717, 1.165) is 0 Å². The first-order valence-corrected chi connectivity index (χ1v) is 4.93. The molecule has 0 aliphatic heterocycles. The van der Waals surface area contributed by atoms with Crippen LogP contribution in [0.4, 0.5) is 0 Å². The quantitative estimate of drug-likeness (QED) is 0.471. The Morgan fingerprint density at radius 2 is 0.538 bits per heavy atom. The third-order valence-electron chi connectivity index (χ3n) is 0. The molecular weight excluding hydrogens is 289 g/mol. The van der Waals surface area contributed by atoms with Crippen molar-refractivity contribution in [3.05, 3.63) is 0 Å². The van der Waals surface area contributed by atoms with Gasteiger partial charge >= 0.3 is 17.4 Å². The van der Waals surface area contributed by atoms with Gasteiger partial charge in [0.05, 0.1) is 0 Å². The van der Waals surface area contributed by atoms with Gasteiger partial charge in [0.15, 0.2) is 0 Å². The van der Waals surface area contributed by atoms with Crippen LogP contribution in [0.5, 0.6) is 0 Å². The van der Waals surface area contributed by atoms with E-state index in [9.17, 15) is 0 Å². The fraction of sp³-hybridized carbons (Fsp3) is 0. The van der Waals surface area contributed by atoms with Gasteiger partial charge in [0.1, 0.15) is 0 Å². The predicted octanol–water partition coefficient (Wildman–Crippen LogP) is -1.70. The molecule has 9 nitrogen and oxygen atoms in total. The van der Waals surface area contributed by atoms with Crippen LogP contribution in [0.25, 0.3) is 0 Å². The molecule has 0 aromatic carbocycles. The summed E-state index contributed by atoms with van der Waals surface area (Å²) in [5, 5.41) is 0. The average molecular weight is 289 g/mol. The first-order valence-electron chi connectivity index (χ1n) is 1.64. The van der Waals surface area contributed by atoms with E-state index in [1.54, 1.807) is 0 Å². The van der Waals surface area contributed by atoms with Crippen molar-refractivity contribution in [3.63, 3.8) is 0 Å². The van der Waals surface area contributed by atoms with Crippen molar-refractivity contribution in [1.82, 2.24) is 0 Å². The van der Waals surface area contributed by atoms with Gasteiger partial charge in [-0.3, -0.25) is 27.4 Å². The number of hydrogen-bond acceptors (Lipinski definition) is 9. The molecule has 0 saturated carbocycles. The fourth-order valence-electron chi connectivity index (χ4n) is 0. The molecule has 0 aromatic rings. The van der Waals surface area contributed by atoms with Crippen LogP contribution in [0, 0.1) is 0 Å². The van der Waals surface area contributed by atoms with Gasteiger partial charge in [-0.2, -0.15) is 0 Å². The molecule has 75 valence electrons. The Bertz CT molecular complexity index is 208. The molecule has 0 atom stereocenters. The van der Waals surface area contributed by atoms with E-state index in [1.807, 2.05) is 0 Å². The minimum Gasteiger partial charge on any atom is -0.744 e. The molecule has 0 amide bonds. The van der Waals surface area contributed by atoms with Gasteiger partial charge in [-0.05, 0) is 0 Å². The van der Waals surface area contributed by atoms with Crippen LogP contribution in [0.1, 0.15) is 0 Å². The molecule has 0 rings (SSSR count). The van der Waals surface area contributed by atoms with Crippen molar-refractivity contribution in [2.75, 3.05) is 0 Å². The molecule has 0 spiro atoms. The van der Waals surface area contributed by atoms with E-state index in [1.165, 1.54) is 0 Å². The van der Waals surface area contributed by atoms with Crippen molar-refractivity contribution in [1.29, 1.82) is 0 Å². The first kappa shape index (κ1) is 23.2. The Morgan fingerprint density at radius 1 is 0.538 bits per heavy atom. The molecule has 0 aromatic heterocycles. The summed E-state index contributed by atoms with van der Waals surface area (Å²) in [6.45, 7) is 0. The van der Waals surface area contributed by atoms with Gasteiger partial charge < -0.3 is 14.7 Å². The van der Waals surface area contributed by atoms with Crippen molar-refractivity contribution in [3.8, 4) is 0 Å². The maximum absolute atomic E-state index is 8.48. The Labute approximate surface area is 83.6 Å². The zero-order valence-corrected chi connectivity index (χ0v) is 9.38. The smallest absolute Gasteiger partial charge is 0.744 e. The standard InChI is InChI=1S/Cr.3HO3P/c;3*1-4(2)3/h;3*(H,1,2,3)/q+3;;;/p-3. The second kappa shape index (κ2) is 18.0. The van der Waals surface area contributed by atoms with Gasteiger partial charge in [-0.1, -0.05) is 0 Å². The summed E-state index contributed by atoms with van der Waals surface area (Å²) in [5.41, 5.74) is 0. The van der Waals surface area contributed by atoms with E-state index < -0.39 is 23.7 Å². The summed E-state index contributed by atoms with van der Waals surface area (Å²) >= 11 is 0. The molecule has 1 radical (unpaired) electrons. The topological polar surface area (TPSA) is 172 Å². The Morgan fingerprint density at radius 3 is 0.538 bits per heavy atom. The van der Waals surface area contributed by atoms with Gasteiger partial charge in [0, 0.05) is 0 Å². The Kier molecular flexibility index (Phi) is 32.1. The van der Waals surface area contributed by atoms with Gasteiger partial charge in [-0.25, -0.2) is 0 Å². The summed E-state index contributed by atoms with van der Waals surface area (Å²) in [6, 6.07) is 0. The minimum atomic E-state index is -3.37. The SMILES string of the molecule is O=P(=O)[O-].O=P(=O)[O-].O=P(=O)[O-].[Cr+3]. The van der Waals surface area contributed by atoms with Crippen LogP contribution in [0.2, 0.25) is 0 Å². The maximum Gasteiger partial charge on any atom is 3.00 e. The maximum atomic E-state index is 8.48. The van der Waals surface area contributed by atoms with Crippen molar-refractivity contribution in [2.24, 2.45) is 0 Å².